The predicted octanol–water partition coefficient (Wildman–Crippen LogP) is -0.497. The lowest BCUT2D eigenvalue weighted by Gasteiger charge is -2.11. The van der Waals surface area contributed by atoms with E-state index in [0.717, 1.165) is 5.69 Å². The van der Waals surface area contributed by atoms with Crippen LogP contribution in [0, 0.1) is 6.92 Å². The monoisotopic (exact) mass is 166 g/mol. The molecule has 2 rings (SSSR count). The summed E-state index contributed by atoms with van der Waals surface area (Å²) in [5.74, 6) is 0.627. The number of nitrogens with one attached hydrogen (secondary N) is 1. The van der Waals surface area contributed by atoms with E-state index >= 15 is 0 Å². The van der Waals surface area contributed by atoms with Crippen molar-refractivity contribution in [2.75, 3.05) is 24.0 Å². The Hall–Kier alpha value is -1.52. The zero-order valence-corrected chi connectivity index (χ0v) is 7.03. The summed E-state index contributed by atoms with van der Waals surface area (Å²) in [5, 5.41) is 4.79. The Bertz CT molecular complexity index is 370. The van der Waals surface area contributed by atoms with E-state index in [0.29, 0.717) is 12.6 Å². The van der Waals surface area contributed by atoms with E-state index in [1.807, 2.05) is 14.0 Å². The molecule has 0 spiro atoms. The van der Waals surface area contributed by atoms with E-state index in [1.54, 1.807) is 5.01 Å². The first-order valence-electron chi connectivity index (χ1n) is 3.74. The van der Waals surface area contributed by atoms with Crippen molar-refractivity contribution in [2.24, 2.45) is 0 Å². The second-order valence-corrected chi connectivity index (χ2v) is 2.86. The Morgan fingerprint density at radius 3 is 3.17 bits per heavy atom. The van der Waals surface area contributed by atoms with Crippen molar-refractivity contribution in [1.82, 2.24) is 9.66 Å². The van der Waals surface area contributed by atoms with Gasteiger partial charge in [-0.05, 0) is 6.92 Å². The van der Waals surface area contributed by atoms with Crippen LogP contribution in [0.25, 0.3) is 0 Å². The Labute approximate surface area is 69.6 Å². The highest BCUT2D eigenvalue weighted by Crippen LogP contribution is 2.06. The average molecular weight is 166 g/mol. The van der Waals surface area contributed by atoms with Crippen LogP contribution in [0.15, 0.2) is 10.9 Å². The molecule has 0 aromatic carbocycles. The summed E-state index contributed by atoms with van der Waals surface area (Å²) in [7, 11) is 1.84. The molecule has 0 unspecified atom stereocenters. The van der Waals surface area contributed by atoms with E-state index in [4.69, 9.17) is 0 Å². The fraction of sp³-hybridized carbons (Fsp3) is 0.429. The van der Waals surface area contributed by atoms with Gasteiger partial charge in [-0.25, -0.2) is 4.98 Å². The minimum Gasteiger partial charge on any atom is -0.335 e. The van der Waals surface area contributed by atoms with Gasteiger partial charge in [0.05, 0.1) is 0 Å². The molecule has 1 N–H and O–H groups in total. The summed E-state index contributed by atoms with van der Waals surface area (Å²) in [4.78, 5) is 15.6. The summed E-state index contributed by atoms with van der Waals surface area (Å²) in [6.45, 7) is 2.44. The Morgan fingerprint density at radius 2 is 2.42 bits per heavy atom. The van der Waals surface area contributed by atoms with Gasteiger partial charge in [-0.3, -0.25) is 9.80 Å². The van der Waals surface area contributed by atoms with Gasteiger partial charge < -0.3 is 5.32 Å². The second kappa shape index (κ2) is 2.23. The SMILES string of the molecule is Cc1cc(=O)n2c(n1)NCN2C. The summed E-state index contributed by atoms with van der Waals surface area (Å²) in [6.07, 6.45) is 0. The summed E-state index contributed by atoms with van der Waals surface area (Å²) in [5.41, 5.74) is 0.707. The predicted molar refractivity (Wildman–Crippen MR) is 45.9 cm³/mol. The molecule has 1 aliphatic heterocycles. The molecule has 5 heteroatoms. The molecule has 1 aromatic rings. The first-order chi connectivity index (χ1) is 5.68. The van der Waals surface area contributed by atoms with Gasteiger partial charge in [0.2, 0.25) is 5.95 Å². The topological polar surface area (TPSA) is 50.2 Å². The van der Waals surface area contributed by atoms with Crippen LogP contribution in [0.2, 0.25) is 0 Å². The third-order valence-corrected chi connectivity index (χ3v) is 1.83. The zero-order valence-electron chi connectivity index (χ0n) is 7.03. The normalized spacial score (nSPS) is 14.3. The lowest BCUT2D eigenvalue weighted by Crippen LogP contribution is -2.35. The number of hydrogen-bond donors (Lipinski definition) is 1. The number of hydrogen-bond acceptors (Lipinski definition) is 4. The fourth-order valence-corrected chi connectivity index (χ4v) is 1.29. The maximum absolute atomic E-state index is 11.4. The molecule has 5 nitrogen and oxygen atoms in total. The van der Waals surface area contributed by atoms with Crippen LogP contribution < -0.4 is 15.9 Å². The van der Waals surface area contributed by atoms with Crippen molar-refractivity contribution in [2.45, 2.75) is 6.92 Å². The maximum Gasteiger partial charge on any atom is 0.274 e. The van der Waals surface area contributed by atoms with Crippen LogP contribution in [0.4, 0.5) is 5.95 Å². The van der Waals surface area contributed by atoms with Crippen molar-refractivity contribution < 1.29 is 0 Å². The molecule has 0 bridgehead atoms. The van der Waals surface area contributed by atoms with E-state index in [-0.39, 0.29) is 5.56 Å². The standard InChI is InChI=1S/C7H10N4O/c1-5-3-6(12)11-7(9-5)8-4-10(11)2/h3H,4H2,1-2H3,(H,8,9). The minimum atomic E-state index is -0.0370. The lowest BCUT2D eigenvalue weighted by atomic mass is 10.4. The van der Waals surface area contributed by atoms with Gasteiger partial charge in [0, 0.05) is 18.8 Å². The van der Waals surface area contributed by atoms with Crippen molar-refractivity contribution in [1.29, 1.82) is 0 Å². The average Bonchev–Trinajstić information content (AvgIpc) is 2.31. The van der Waals surface area contributed by atoms with Crippen LogP contribution in [0.5, 0.6) is 0 Å². The molecule has 1 aliphatic rings. The second-order valence-electron chi connectivity index (χ2n) is 2.86. The van der Waals surface area contributed by atoms with Gasteiger partial charge in [-0.2, -0.15) is 4.68 Å². The molecule has 0 radical (unpaired) electrons. The van der Waals surface area contributed by atoms with E-state index in [1.165, 1.54) is 10.7 Å². The molecular weight excluding hydrogens is 156 g/mol. The third-order valence-electron chi connectivity index (χ3n) is 1.83. The maximum atomic E-state index is 11.4. The Balaban J connectivity index is 2.69. The van der Waals surface area contributed by atoms with Crippen LogP contribution in [-0.4, -0.2) is 23.4 Å². The Morgan fingerprint density at radius 1 is 1.67 bits per heavy atom. The molecule has 2 heterocycles. The first-order valence-corrected chi connectivity index (χ1v) is 3.74. The third kappa shape index (κ3) is 0.861. The first kappa shape index (κ1) is 7.15. The number of aromatic nitrogens is 2. The summed E-state index contributed by atoms with van der Waals surface area (Å²) >= 11 is 0. The lowest BCUT2D eigenvalue weighted by molar-refractivity contribution is 0.707. The van der Waals surface area contributed by atoms with E-state index < -0.39 is 0 Å². The molecule has 0 fully saturated rings. The smallest absolute Gasteiger partial charge is 0.274 e. The highest BCUT2D eigenvalue weighted by Gasteiger charge is 2.16. The number of nitrogens with zero attached hydrogens (tertiary/aromatic N) is 3. The highest BCUT2D eigenvalue weighted by molar-refractivity contribution is 5.34. The van der Waals surface area contributed by atoms with E-state index in [9.17, 15) is 4.79 Å². The van der Waals surface area contributed by atoms with Crippen molar-refractivity contribution in [3.63, 3.8) is 0 Å². The number of rotatable bonds is 0. The van der Waals surface area contributed by atoms with Crippen molar-refractivity contribution in [3.05, 3.63) is 22.1 Å². The number of aryl methyl sites for hydroxylation is 1. The molecule has 12 heavy (non-hydrogen) atoms. The van der Waals surface area contributed by atoms with Gasteiger partial charge in [-0.15, -0.1) is 0 Å². The van der Waals surface area contributed by atoms with Gasteiger partial charge in [-0.1, -0.05) is 0 Å². The molecular formula is C7H10N4O. The molecule has 1 aromatic heterocycles. The molecule has 0 saturated carbocycles. The van der Waals surface area contributed by atoms with Crippen molar-refractivity contribution >= 4 is 5.95 Å². The largest absolute Gasteiger partial charge is 0.335 e. The quantitative estimate of drug-likeness (QED) is 0.564. The van der Waals surface area contributed by atoms with Crippen LogP contribution in [-0.2, 0) is 0 Å². The summed E-state index contributed by atoms with van der Waals surface area (Å²) in [6, 6.07) is 1.52. The fourth-order valence-electron chi connectivity index (χ4n) is 1.29. The van der Waals surface area contributed by atoms with Gasteiger partial charge >= 0.3 is 0 Å². The number of anilines is 1. The van der Waals surface area contributed by atoms with Gasteiger partial charge in [0.1, 0.15) is 6.67 Å². The molecule has 64 valence electrons. The molecule has 0 atom stereocenters. The van der Waals surface area contributed by atoms with Gasteiger partial charge in [0.15, 0.2) is 0 Å². The number of fused-ring (bicyclic) bond motifs is 1. The van der Waals surface area contributed by atoms with Gasteiger partial charge in [0.25, 0.3) is 5.56 Å². The van der Waals surface area contributed by atoms with Crippen LogP contribution in [0.3, 0.4) is 0 Å². The Kier molecular flexibility index (Phi) is 1.33. The summed E-state index contributed by atoms with van der Waals surface area (Å²) < 4.78 is 1.52. The van der Waals surface area contributed by atoms with E-state index in [2.05, 4.69) is 10.3 Å². The molecule has 0 aliphatic carbocycles. The molecule has 0 amide bonds. The van der Waals surface area contributed by atoms with Crippen LogP contribution in [0.1, 0.15) is 5.69 Å². The zero-order chi connectivity index (χ0) is 8.72. The minimum absolute atomic E-state index is 0.0370. The molecule has 0 saturated heterocycles. The van der Waals surface area contributed by atoms with Crippen LogP contribution >= 0.6 is 0 Å². The van der Waals surface area contributed by atoms with Crippen molar-refractivity contribution in [3.8, 4) is 0 Å². The highest BCUT2D eigenvalue weighted by atomic mass is 16.1.